The molecule has 1 aliphatic carbocycles. The number of methoxy groups -OCH3 is 3. The van der Waals surface area contributed by atoms with Gasteiger partial charge in [0.05, 0.1) is 21.3 Å². The summed E-state index contributed by atoms with van der Waals surface area (Å²) in [6.07, 6.45) is 6.81. The topological polar surface area (TPSA) is 52.9 Å². The Morgan fingerprint density at radius 2 is 1.48 bits per heavy atom. The molecule has 1 N–H and O–H groups in total. The van der Waals surface area contributed by atoms with Crippen LogP contribution in [-0.4, -0.2) is 31.0 Å². The highest BCUT2D eigenvalue weighted by Gasteiger charge is 2.40. The predicted octanol–water partition coefficient (Wildman–Crippen LogP) is 4.65. The zero-order valence-electron chi connectivity index (χ0n) is 18.7. The third kappa shape index (κ3) is 3.79. The van der Waals surface area contributed by atoms with E-state index >= 15 is 0 Å². The van der Waals surface area contributed by atoms with Crippen LogP contribution in [0.1, 0.15) is 30.0 Å². The first-order valence-electron chi connectivity index (χ1n) is 10.7. The van der Waals surface area contributed by atoms with Crippen molar-refractivity contribution in [3.63, 3.8) is 0 Å². The molecule has 5 nitrogen and oxygen atoms in total. The molecule has 1 aliphatic rings. The van der Waals surface area contributed by atoms with Gasteiger partial charge in [0.15, 0.2) is 17.2 Å². The third-order valence-electron chi connectivity index (χ3n) is 6.60. The molecular weight excluding hydrogens is 390 g/mol. The first-order chi connectivity index (χ1) is 15.0. The normalized spacial score (nSPS) is 16.4. The number of ether oxygens (including phenoxy) is 3. The monoisotopic (exact) mass is 421 g/mol. The van der Waals surface area contributed by atoms with Crippen LogP contribution in [0.3, 0.4) is 0 Å². The lowest BCUT2D eigenvalue weighted by molar-refractivity contribution is -0.0538. The Morgan fingerprint density at radius 3 is 1.97 bits per heavy atom. The van der Waals surface area contributed by atoms with Crippen molar-refractivity contribution in [2.45, 2.75) is 31.9 Å². The van der Waals surface area contributed by atoms with Gasteiger partial charge < -0.3 is 23.9 Å². The molecule has 164 valence electrons. The molecule has 5 heteroatoms. The van der Waals surface area contributed by atoms with Crippen LogP contribution < -0.4 is 14.2 Å². The quantitative estimate of drug-likeness (QED) is 0.575. The lowest BCUT2D eigenvalue weighted by atomic mass is 9.82. The van der Waals surface area contributed by atoms with Crippen LogP contribution in [0.25, 0.3) is 0 Å². The zero-order valence-corrected chi connectivity index (χ0v) is 18.7. The Morgan fingerprint density at radius 1 is 0.935 bits per heavy atom. The van der Waals surface area contributed by atoms with Crippen molar-refractivity contribution >= 4 is 0 Å². The van der Waals surface area contributed by atoms with Gasteiger partial charge >= 0.3 is 0 Å². The summed E-state index contributed by atoms with van der Waals surface area (Å²) in [6, 6.07) is 16.2. The minimum absolute atomic E-state index is 0.0537. The minimum atomic E-state index is -1.26. The maximum absolute atomic E-state index is 12.2. The molecule has 2 aromatic carbocycles. The summed E-state index contributed by atoms with van der Waals surface area (Å²) in [5, 5.41) is 12.2. The molecule has 4 rings (SSSR count). The van der Waals surface area contributed by atoms with Crippen LogP contribution in [0.2, 0.25) is 0 Å². The number of hydrogen-bond donors (Lipinski definition) is 1. The fourth-order valence-corrected chi connectivity index (χ4v) is 5.02. The first kappa shape index (κ1) is 21.3. The van der Waals surface area contributed by atoms with Gasteiger partial charge in [-0.25, -0.2) is 0 Å². The maximum atomic E-state index is 12.2. The summed E-state index contributed by atoms with van der Waals surface area (Å²) < 4.78 is 18.5. The van der Waals surface area contributed by atoms with Crippen LogP contribution >= 0.6 is 0 Å². The van der Waals surface area contributed by atoms with E-state index in [1.165, 1.54) is 11.1 Å². The lowest BCUT2D eigenvalue weighted by Gasteiger charge is -2.38. The van der Waals surface area contributed by atoms with Gasteiger partial charge in [-0.1, -0.05) is 31.2 Å². The van der Waals surface area contributed by atoms with E-state index in [-0.39, 0.29) is 5.92 Å². The highest BCUT2D eigenvalue weighted by atomic mass is 16.5. The van der Waals surface area contributed by atoms with Gasteiger partial charge in [0.25, 0.3) is 0 Å². The SMILES string of the molecule is COc1cc([C@](O)([C@@H](C)CC2Cc3ccccc3C2)n2cccc2)cc(OC)c1OC. The van der Waals surface area contributed by atoms with Crippen LogP contribution in [0.15, 0.2) is 60.9 Å². The van der Waals surface area contributed by atoms with E-state index < -0.39 is 5.72 Å². The van der Waals surface area contributed by atoms with Crippen LogP contribution in [0.5, 0.6) is 17.2 Å². The number of fused-ring (bicyclic) bond motifs is 1. The molecule has 0 saturated heterocycles. The highest BCUT2D eigenvalue weighted by Crippen LogP contribution is 2.45. The Labute approximate surface area is 184 Å². The minimum Gasteiger partial charge on any atom is -0.493 e. The predicted molar refractivity (Wildman–Crippen MR) is 121 cm³/mol. The van der Waals surface area contributed by atoms with E-state index in [4.69, 9.17) is 14.2 Å². The van der Waals surface area contributed by atoms with Crippen molar-refractivity contribution in [2.24, 2.45) is 11.8 Å². The molecule has 0 radical (unpaired) electrons. The second kappa shape index (κ2) is 8.67. The Bertz CT molecular complexity index is 980. The molecule has 0 amide bonds. The first-order valence-corrected chi connectivity index (χ1v) is 10.7. The standard InChI is InChI=1S/C26H31NO4/c1-18(13-19-14-20-9-5-6-10-21(20)15-19)26(28,27-11-7-8-12-27)22-16-23(29-2)25(31-4)24(17-22)30-3/h5-12,16-19,28H,13-15H2,1-4H3/t18-,26+/m0/s1. The van der Waals surface area contributed by atoms with E-state index in [0.717, 1.165) is 19.3 Å². The van der Waals surface area contributed by atoms with Crippen LogP contribution in [0.4, 0.5) is 0 Å². The molecule has 3 aromatic rings. The largest absolute Gasteiger partial charge is 0.493 e. The molecule has 0 saturated carbocycles. The maximum Gasteiger partial charge on any atom is 0.203 e. The van der Waals surface area contributed by atoms with E-state index in [1.807, 2.05) is 41.2 Å². The van der Waals surface area contributed by atoms with E-state index in [0.29, 0.717) is 28.7 Å². The Balaban J connectivity index is 1.71. The summed E-state index contributed by atoms with van der Waals surface area (Å²) in [7, 11) is 4.77. The van der Waals surface area contributed by atoms with Gasteiger partial charge in [-0.15, -0.1) is 0 Å². The Hall–Kier alpha value is -2.92. The summed E-state index contributed by atoms with van der Waals surface area (Å²) in [5.74, 6) is 2.02. The molecule has 31 heavy (non-hydrogen) atoms. The van der Waals surface area contributed by atoms with Gasteiger partial charge in [0.1, 0.15) is 0 Å². The number of aromatic nitrogens is 1. The number of aliphatic hydroxyl groups is 1. The van der Waals surface area contributed by atoms with Gasteiger partial charge in [-0.2, -0.15) is 0 Å². The van der Waals surface area contributed by atoms with Crippen LogP contribution in [0, 0.1) is 11.8 Å². The number of nitrogens with zero attached hydrogens (tertiary/aromatic N) is 1. The smallest absolute Gasteiger partial charge is 0.203 e. The van der Waals surface area contributed by atoms with Gasteiger partial charge in [0.2, 0.25) is 5.75 Å². The number of rotatable bonds is 8. The fourth-order valence-electron chi connectivity index (χ4n) is 5.02. The zero-order chi connectivity index (χ0) is 22.0. The number of benzene rings is 2. The Kier molecular flexibility index (Phi) is 5.96. The lowest BCUT2D eigenvalue weighted by Crippen LogP contribution is -2.41. The average Bonchev–Trinajstić information content (AvgIpc) is 3.47. The van der Waals surface area contributed by atoms with E-state index in [9.17, 15) is 5.11 Å². The van der Waals surface area contributed by atoms with Crippen molar-refractivity contribution in [1.29, 1.82) is 0 Å². The molecule has 0 spiro atoms. The second-order valence-electron chi connectivity index (χ2n) is 8.41. The number of hydrogen-bond acceptors (Lipinski definition) is 4. The molecule has 0 unspecified atom stereocenters. The molecular formula is C26H31NO4. The van der Waals surface area contributed by atoms with Crippen molar-refractivity contribution < 1.29 is 19.3 Å². The van der Waals surface area contributed by atoms with Crippen molar-refractivity contribution in [3.8, 4) is 17.2 Å². The summed E-state index contributed by atoms with van der Waals surface area (Å²) in [4.78, 5) is 0. The van der Waals surface area contributed by atoms with Gasteiger partial charge in [-0.3, -0.25) is 0 Å². The molecule has 0 bridgehead atoms. The molecule has 1 aromatic heterocycles. The fraction of sp³-hybridized carbons (Fsp3) is 0.385. The van der Waals surface area contributed by atoms with Gasteiger partial charge in [0, 0.05) is 23.9 Å². The van der Waals surface area contributed by atoms with Crippen molar-refractivity contribution in [3.05, 3.63) is 77.6 Å². The average molecular weight is 422 g/mol. The summed E-state index contributed by atoms with van der Waals surface area (Å²) in [6.45, 7) is 2.12. The summed E-state index contributed by atoms with van der Waals surface area (Å²) in [5.41, 5.74) is 2.31. The molecule has 0 fully saturated rings. The highest BCUT2D eigenvalue weighted by molar-refractivity contribution is 5.55. The molecule has 1 heterocycles. The van der Waals surface area contributed by atoms with Crippen molar-refractivity contribution in [1.82, 2.24) is 4.57 Å². The van der Waals surface area contributed by atoms with E-state index in [1.54, 1.807) is 21.3 Å². The van der Waals surface area contributed by atoms with Crippen LogP contribution in [-0.2, 0) is 18.6 Å². The molecule has 0 aliphatic heterocycles. The second-order valence-corrected chi connectivity index (χ2v) is 8.41. The third-order valence-corrected chi connectivity index (χ3v) is 6.60. The molecule has 2 atom stereocenters. The van der Waals surface area contributed by atoms with Crippen molar-refractivity contribution in [2.75, 3.05) is 21.3 Å². The summed E-state index contributed by atoms with van der Waals surface area (Å²) >= 11 is 0. The van der Waals surface area contributed by atoms with E-state index in [2.05, 4.69) is 31.2 Å². The van der Waals surface area contributed by atoms with Gasteiger partial charge in [-0.05, 0) is 60.6 Å².